The minimum atomic E-state index is -0.0855. The molecule has 0 radical (unpaired) electrons. The highest BCUT2D eigenvalue weighted by Gasteiger charge is 2.24. The zero-order valence-electron chi connectivity index (χ0n) is 8.36. The lowest BCUT2D eigenvalue weighted by molar-refractivity contribution is 0.0893. The Morgan fingerprint density at radius 2 is 2.53 bits per heavy atom. The monoisotopic (exact) mass is 289 g/mol. The molecule has 1 aliphatic rings. The number of aromatic nitrogens is 1. The van der Waals surface area contributed by atoms with Gasteiger partial charge < -0.3 is 10.2 Å². The Morgan fingerprint density at radius 1 is 1.80 bits per heavy atom. The first-order valence-electron chi connectivity index (χ1n) is 4.72. The van der Waals surface area contributed by atoms with Crippen molar-refractivity contribution in [3.63, 3.8) is 0 Å². The lowest BCUT2D eigenvalue weighted by Crippen LogP contribution is -2.49. The smallest absolute Gasteiger partial charge is 0.271 e. The quantitative estimate of drug-likeness (QED) is 0.909. The van der Waals surface area contributed by atoms with Gasteiger partial charge in [-0.3, -0.25) is 4.79 Å². The number of hydrogen-bond acceptors (Lipinski definition) is 4. The predicted molar refractivity (Wildman–Crippen MR) is 63.1 cm³/mol. The third-order valence-corrected chi connectivity index (χ3v) is 3.98. The van der Waals surface area contributed by atoms with Crippen LogP contribution in [0, 0.1) is 5.92 Å². The first kappa shape index (κ1) is 11.0. The third-order valence-electron chi connectivity index (χ3n) is 2.43. The average molecular weight is 290 g/mol. The van der Waals surface area contributed by atoms with E-state index < -0.39 is 0 Å². The van der Waals surface area contributed by atoms with Crippen LogP contribution in [0.4, 0.5) is 0 Å². The molecule has 0 saturated carbocycles. The van der Waals surface area contributed by atoms with Crippen LogP contribution in [0.15, 0.2) is 9.30 Å². The molecular formula is C9H12BrN3OS. The summed E-state index contributed by atoms with van der Waals surface area (Å²) in [6.45, 7) is 2.88. The van der Waals surface area contributed by atoms with Gasteiger partial charge in [0.05, 0.1) is 5.51 Å². The summed E-state index contributed by atoms with van der Waals surface area (Å²) in [5.41, 5.74) is 2.16. The molecule has 1 N–H and O–H groups in total. The second kappa shape index (κ2) is 4.59. The van der Waals surface area contributed by atoms with E-state index in [1.54, 1.807) is 5.51 Å². The summed E-state index contributed by atoms with van der Waals surface area (Å²) in [6, 6.07) is 0. The van der Waals surface area contributed by atoms with Crippen molar-refractivity contribution >= 4 is 33.2 Å². The molecule has 0 bridgehead atoms. The molecule has 1 aliphatic heterocycles. The number of rotatable bonds is 3. The van der Waals surface area contributed by atoms with E-state index in [1.807, 2.05) is 0 Å². The number of thiazole rings is 1. The summed E-state index contributed by atoms with van der Waals surface area (Å²) < 4.78 is 0.797. The van der Waals surface area contributed by atoms with Crippen molar-refractivity contribution in [3.05, 3.63) is 15.0 Å². The molecule has 0 unspecified atom stereocenters. The van der Waals surface area contributed by atoms with E-state index in [0.29, 0.717) is 11.6 Å². The highest BCUT2D eigenvalue weighted by atomic mass is 79.9. The minimum Gasteiger partial charge on any atom is -0.350 e. The molecule has 4 nitrogen and oxygen atoms in total. The first-order chi connectivity index (χ1) is 7.16. The van der Waals surface area contributed by atoms with Crippen molar-refractivity contribution in [3.8, 4) is 0 Å². The van der Waals surface area contributed by atoms with Crippen LogP contribution < -0.4 is 5.32 Å². The fraction of sp³-hybridized carbons (Fsp3) is 0.556. The lowest BCUT2D eigenvalue weighted by Gasteiger charge is -2.36. The van der Waals surface area contributed by atoms with E-state index in [2.05, 4.69) is 38.2 Å². The molecule has 1 aromatic heterocycles. The summed E-state index contributed by atoms with van der Waals surface area (Å²) in [7, 11) is 2.08. The highest BCUT2D eigenvalue weighted by Crippen LogP contribution is 2.20. The Bertz CT molecular complexity index is 362. The zero-order chi connectivity index (χ0) is 10.8. The second-order valence-electron chi connectivity index (χ2n) is 3.77. The molecule has 6 heteroatoms. The van der Waals surface area contributed by atoms with Crippen LogP contribution in [0.3, 0.4) is 0 Å². The number of carbonyl (C=O) groups excluding carboxylic acids is 1. The minimum absolute atomic E-state index is 0.0855. The van der Waals surface area contributed by atoms with Crippen LogP contribution in [0.1, 0.15) is 10.5 Å². The molecule has 15 heavy (non-hydrogen) atoms. The van der Waals surface area contributed by atoms with Crippen LogP contribution >= 0.6 is 27.3 Å². The van der Waals surface area contributed by atoms with Gasteiger partial charge in [-0.1, -0.05) is 0 Å². The molecule has 0 spiro atoms. The fourth-order valence-electron chi connectivity index (χ4n) is 1.66. The van der Waals surface area contributed by atoms with Gasteiger partial charge in [0.2, 0.25) is 0 Å². The summed E-state index contributed by atoms with van der Waals surface area (Å²) in [5, 5.41) is 2.90. The van der Waals surface area contributed by atoms with Gasteiger partial charge in [0, 0.05) is 25.6 Å². The summed E-state index contributed by atoms with van der Waals surface area (Å²) in [5.74, 6) is 0.508. The highest BCUT2D eigenvalue weighted by molar-refractivity contribution is 9.11. The van der Waals surface area contributed by atoms with E-state index in [9.17, 15) is 4.79 Å². The van der Waals surface area contributed by atoms with Gasteiger partial charge in [0.1, 0.15) is 3.79 Å². The molecule has 0 aliphatic carbocycles. The molecular weight excluding hydrogens is 278 g/mol. The Labute approximate surface area is 101 Å². The van der Waals surface area contributed by atoms with E-state index in [1.165, 1.54) is 11.3 Å². The molecule has 1 amide bonds. The molecule has 1 aromatic rings. The topological polar surface area (TPSA) is 45.2 Å². The standard InChI is InChI=1S/C9H12BrN3OS/c1-13-3-6(4-13)2-11-9(14)7-8(10)15-5-12-7/h5-6H,2-4H2,1H3,(H,11,14). The largest absolute Gasteiger partial charge is 0.350 e. The van der Waals surface area contributed by atoms with Crippen LogP contribution in [-0.2, 0) is 0 Å². The van der Waals surface area contributed by atoms with Gasteiger partial charge in [-0.15, -0.1) is 11.3 Å². The van der Waals surface area contributed by atoms with Crippen LogP contribution in [0.25, 0.3) is 0 Å². The average Bonchev–Trinajstić information content (AvgIpc) is 2.57. The van der Waals surface area contributed by atoms with Gasteiger partial charge in [0.25, 0.3) is 5.91 Å². The molecule has 0 aromatic carbocycles. The van der Waals surface area contributed by atoms with Crippen molar-refractivity contribution in [1.82, 2.24) is 15.2 Å². The number of halogens is 1. The van der Waals surface area contributed by atoms with Crippen molar-refractivity contribution in [2.24, 2.45) is 5.92 Å². The number of carbonyl (C=O) groups is 1. The molecule has 1 saturated heterocycles. The summed E-state index contributed by atoms with van der Waals surface area (Å²) in [6.07, 6.45) is 0. The fourth-order valence-corrected chi connectivity index (χ4v) is 2.70. The molecule has 2 heterocycles. The van der Waals surface area contributed by atoms with E-state index in [-0.39, 0.29) is 5.91 Å². The maximum atomic E-state index is 11.6. The zero-order valence-corrected chi connectivity index (χ0v) is 10.8. The second-order valence-corrected chi connectivity index (χ2v) is 5.94. The van der Waals surface area contributed by atoms with E-state index >= 15 is 0 Å². The molecule has 0 atom stereocenters. The Balaban J connectivity index is 1.80. The van der Waals surface area contributed by atoms with Gasteiger partial charge in [0.15, 0.2) is 5.69 Å². The van der Waals surface area contributed by atoms with Crippen LogP contribution in [0.2, 0.25) is 0 Å². The van der Waals surface area contributed by atoms with Gasteiger partial charge in [-0.05, 0) is 23.0 Å². The maximum Gasteiger partial charge on any atom is 0.271 e. The SMILES string of the molecule is CN1CC(CNC(=O)c2ncsc2Br)C1. The summed E-state index contributed by atoms with van der Waals surface area (Å²) in [4.78, 5) is 17.9. The first-order valence-corrected chi connectivity index (χ1v) is 6.40. The Morgan fingerprint density at radius 3 is 3.07 bits per heavy atom. The normalized spacial score (nSPS) is 17.5. The number of nitrogens with zero attached hydrogens (tertiary/aromatic N) is 2. The van der Waals surface area contributed by atoms with Crippen molar-refractivity contribution in [2.45, 2.75) is 0 Å². The van der Waals surface area contributed by atoms with Crippen LogP contribution in [-0.4, -0.2) is 42.5 Å². The lowest BCUT2D eigenvalue weighted by atomic mass is 10.0. The number of likely N-dealkylation sites (tertiary alicyclic amines) is 1. The van der Waals surface area contributed by atoms with Gasteiger partial charge in [-0.25, -0.2) is 4.98 Å². The third kappa shape index (κ3) is 2.56. The van der Waals surface area contributed by atoms with Gasteiger partial charge >= 0.3 is 0 Å². The van der Waals surface area contributed by atoms with E-state index in [4.69, 9.17) is 0 Å². The van der Waals surface area contributed by atoms with E-state index in [0.717, 1.165) is 23.4 Å². The Kier molecular flexibility index (Phi) is 3.38. The number of nitrogens with one attached hydrogen (secondary N) is 1. The van der Waals surface area contributed by atoms with Gasteiger partial charge in [-0.2, -0.15) is 0 Å². The van der Waals surface area contributed by atoms with Crippen molar-refractivity contribution < 1.29 is 4.79 Å². The van der Waals surface area contributed by atoms with Crippen molar-refractivity contribution in [1.29, 1.82) is 0 Å². The molecule has 2 rings (SSSR count). The Hall–Kier alpha value is -0.460. The van der Waals surface area contributed by atoms with Crippen LogP contribution in [0.5, 0.6) is 0 Å². The predicted octanol–water partition coefficient (Wildman–Crippen LogP) is 1.20. The molecule has 82 valence electrons. The summed E-state index contributed by atoms with van der Waals surface area (Å²) >= 11 is 4.73. The maximum absolute atomic E-state index is 11.6. The number of amides is 1. The molecule has 1 fully saturated rings. The number of hydrogen-bond donors (Lipinski definition) is 1. The van der Waals surface area contributed by atoms with Crippen molar-refractivity contribution in [2.75, 3.05) is 26.7 Å².